The van der Waals surface area contributed by atoms with Gasteiger partial charge in [0, 0.05) is 19.6 Å². The maximum atomic E-state index is 12.2. The summed E-state index contributed by atoms with van der Waals surface area (Å²) < 4.78 is 0. The number of amides is 1. The topological polar surface area (TPSA) is 35.6 Å². The van der Waals surface area contributed by atoms with Crippen molar-refractivity contribution in [1.29, 1.82) is 0 Å². The summed E-state index contributed by atoms with van der Waals surface area (Å²) in [7, 11) is 4.03. The van der Waals surface area contributed by atoms with Gasteiger partial charge in [0.1, 0.15) is 0 Å². The van der Waals surface area contributed by atoms with Crippen LogP contribution < -0.4 is 5.32 Å². The van der Waals surface area contributed by atoms with Crippen molar-refractivity contribution in [3.05, 3.63) is 0 Å². The lowest BCUT2D eigenvalue weighted by molar-refractivity contribution is -0.143. The van der Waals surface area contributed by atoms with Gasteiger partial charge in [0.25, 0.3) is 0 Å². The molecule has 2 rings (SSSR count). The van der Waals surface area contributed by atoms with E-state index in [-0.39, 0.29) is 11.4 Å². The third kappa shape index (κ3) is 2.63. The molecular formula is C13H25N3O. The van der Waals surface area contributed by atoms with Gasteiger partial charge in [-0.1, -0.05) is 19.3 Å². The molecule has 0 aromatic carbocycles. The Morgan fingerprint density at radius 1 is 1.24 bits per heavy atom. The third-order valence-corrected chi connectivity index (χ3v) is 4.26. The normalized spacial score (nSPS) is 25.2. The molecule has 4 nitrogen and oxygen atoms in total. The zero-order valence-electron chi connectivity index (χ0n) is 11.2. The molecule has 17 heavy (non-hydrogen) atoms. The zero-order valence-corrected chi connectivity index (χ0v) is 11.2. The number of carbonyl (C=O) groups excluding carboxylic acids is 1. The van der Waals surface area contributed by atoms with Crippen molar-refractivity contribution in [3.8, 4) is 0 Å². The third-order valence-electron chi connectivity index (χ3n) is 4.26. The second-order valence-corrected chi connectivity index (χ2v) is 5.60. The number of carbonyl (C=O) groups is 1. The molecule has 1 N–H and O–H groups in total. The molecule has 1 spiro atoms. The first-order valence-electron chi connectivity index (χ1n) is 6.82. The van der Waals surface area contributed by atoms with E-state index >= 15 is 0 Å². The Morgan fingerprint density at radius 3 is 2.59 bits per heavy atom. The molecule has 0 unspecified atom stereocenters. The van der Waals surface area contributed by atoms with Crippen LogP contribution in [0, 0.1) is 0 Å². The molecule has 1 saturated carbocycles. The van der Waals surface area contributed by atoms with Crippen molar-refractivity contribution >= 4 is 5.91 Å². The van der Waals surface area contributed by atoms with Gasteiger partial charge in [0.2, 0.25) is 5.91 Å². The molecule has 0 aromatic heterocycles. The SMILES string of the molecule is CNCC(=O)N1CCN(C)CC12CCCCC2. The minimum atomic E-state index is 0.138. The highest BCUT2D eigenvalue weighted by molar-refractivity contribution is 5.79. The first-order chi connectivity index (χ1) is 8.18. The Bertz CT molecular complexity index is 274. The van der Waals surface area contributed by atoms with Gasteiger partial charge in [-0.15, -0.1) is 0 Å². The second kappa shape index (κ2) is 5.36. The van der Waals surface area contributed by atoms with Crippen LogP contribution in [0.3, 0.4) is 0 Å². The number of nitrogens with zero attached hydrogens (tertiary/aromatic N) is 2. The van der Waals surface area contributed by atoms with Gasteiger partial charge >= 0.3 is 0 Å². The van der Waals surface area contributed by atoms with Crippen LogP contribution >= 0.6 is 0 Å². The van der Waals surface area contributed by atoms with Crippen LogP contribution in [0.2, 0.25) is 0 Å². The lowest BCUT2D eigenvalue weighted by Gasteiger charge is -2.52. The molecular weight excluding hydrogens is 214 g/mol. The largest absolute Gasteiger partial charge is 0.333 e. The molecule has 2 aliphatic rings. The molecule has 0 atom stereocenters. The van der Waals surface area contributed by atoms with Crippen LogP contribution in [0.1, 0.15) is 32.1 Å². The van der Waals surface area contributed by atoms with E-state index in [0.29, 0.717) is 6.54 Å². The standard InChI is InChI=1S/C13H25N3O/c1-14-10-12(17)16-9-8-15(2)11-13(16)6-4-3-5-7-13/h14H,3-11H2,1-2H3. The monoisotopic (exact) mass is 239 g/mol. The predicted octanol–water partition coefficient (Wildman–Crippen LogP) is 0.683. The summed E-state index contributed by atoms with van der Waals surface area (Å²) >= 11 is 0. The smallest absolute Gasteiger partial charge is 0.237 e. The molecule has 1 saturated heterocycles. The van der Waals surface area contributed by atoms with E-state index in [9.17, 15) is 4.79 Å². The van der Waals surface area contributed by atoms with Gasteiger partial charge in [-0.05, 0) is 26.9 Å². The van der Waals surface area contributed by atoms with Crippen molar-refractivity contribution in [3.63, 3.8) is 0 Å². The lowest BCUT2D eigenvalue weighted by Crippen LogP contribution is -2.64. The number of likely N-dealkylation sites (N-methyl/N-ethyl adjacent to an activating group) is 2. The van der Waals surface area contributed by atoms with Gasteiger partial charge < -0.3 is 15.1 Å². The summed E-state index contributed by atoms with van der Waals surface area (Å²) in [5, 5.41) is 2.99. The van der Waals surface area contributed by atoms with Crippen molar-refractivity contribution in [2.75, 3.05) is 40.3 Å². The molecule has 98 valence electrons. The highest BCUT2D eigenvalue weighted by Gasteiger charge is 2.43. The Morgan fingerprint density at radius 2 is 1.94 bits per heavy atom. The van der Waals surface area contributed by atoms with E-state index in [2.05, 4.69) is 22.2 Å². The van der Waals surface area contributed by atoms with E-state index in [1.165, 1.54) is 32.1 Å². The molecule has 0 radical (unpaired) electrons. The van der Waals surface area contributed by atoms with Crippen molar-refractivity contribution in [2.45, 2.75) is 37.6 Å². The van der Waals surface area contributed by atoms with Gasteiger partial charge in [0.05, 0.1) is 12.1 Å². The maximum Gasteiger partial charge on any atom is 0.237 e. The Hall–Kier alpha value is -0.610. The second-order valence-electron chi connectivity index (χ2n) is 5.60. The van der Waals surface area contributed by atoms with Gasteiger partial charge in [-0.25, -0.2) is 0 Å². The number of hydrogen-bond acceptors (Lipinski definition) is 3. The number of rotatable bonds is 2. The average Bonchev–Trinajstić information content (AvgIpc) is 2.30. The van der Waals surface area contributed by atoms with E-state index in [1.807, 2.05) is 7.05 Å². The fourth-order valence-corrected chi connectivity index (χ4v) is 3.45. The fourth-order valence-electron chi connectivity index (χ4n) is 3.45. The van der Waals surface area contributed by atoms with E-state index in [0.717, 1.165) is 19.6 Å². The summed E-state index contributed by atoms with van der Waals surface area (Å²) in [4.78, 5) is 16.8. The first-order valence-corrected chi connectivity index (χ1v) is 6.82. The summed E-state index contributed by atoms with van der Waals surface area (Å²) in [6, 6.07) is 0. The molecule has 4 heteroatoms. The zero-order chi connectivity index (χ0) is 12.3. The van der Waals surface area contributed by atoms with Gasteiger partial charge in [-0.2, -0.15) is 0 Å². The molecule has 0 aromatic rings. The van der Waals surface area contributed by atoms with Crippen LogP contribution in [-0.2, 0) is 4.79 Å². The number of nitrogens with one attached hydrogen (secondary N) is 1. The highest BCUT2D eigenvalue weighted by atomic mass is 16.2. The molecule has 1 heterocycles. The number of piperazine rings is 1. The van der Waals surface area contributed by atoms with Crippen LogP contribution in [0.15, 0.2) is 0 Å². The van der Waals surface area contributed by atoms with E-state index < -0.39 is 0 Å². The minimum Gasteiger partial charge on any atom is -0.333 e. The number of hydrogen-bond donors (Lipinski definition) is 1. The predicted molar refractivity (Wildman–Crippen MR) is 69.0 cm³/mol. The van der Waals surface area contributed by atoms with Crippen LogP contribution in [-0.4, -0.2) is 61.5 Å². The molecule has 1 aliphatic heterocycles. The van der Waals surface area contributed by atoms with Gasteiger partial charge in [0.15, 0.2) is 0 Å². The lowest BCUT2D eigenvalue weighted by atomic mass is 9.78. The summed E-state index contributed by atoms with van der Waals surface area (Å²) in [6.07, 6.45) is 6.26. The molecule has 0 bridgehead atoms. The van der Waals surface area contributed by atoms with E-state index in [4.69, 9.17) is 0 Å². The van der Waals surface area contributed by atoms with Crippen molar-refractivity contribution in [1.82, 2.24) is 15.1 Å². The van der Waals surface area contributed by atoms with Crippen LogP contribution in [0.4, 0.5) is 0 Å². The first kappa shape index (κ1) is 12.8. The Kier molecular flexibility index (Phi) is 4.05. The molecule has 1 aliphatic carbocycles. The maximum absolute atomic E-state index is 12.2. The Labute approximate surface area is 104 Å². The van der Waals surface area contributed by atoms with Crippen molar-refractivity contribution < 1.29 is 4.79 Å². The fraction of sp³-hybridized carbons (Fsp3) is 0.923. The Balaban J connectivity index is 2.13. The summed E-state index contributed by atoms with van der Waals surface area (Å²) in [5.41, 5.74) is 0.138. The molecule has 2 fully saturated rings. The van der Waals surface area contributed by atoms with Crippen LogP contribution in [0.5, 0.6) is 0 Å². The summed E-state index contributed by atoms with van der Waals surface area (Å²) in [5.74, 6) is 0.280. The minimum absolute atomic E-state index is 0.138. The van der Waals surface area contributed by atoms with Crippen LogP contribution in [0.25, 0.3) is 0 Å². The van der Waals surface area contributed by atoms with E-state index in [1.54, 1.807) is 0 Å². The molecule has 1 amide bonds. The van der Waals surface area contributed by atoms with Gasteiger partial charge in [-0.3, -0.25) is 4.79 Å². The van der Waals surface area contributed by atoms with Crippen molar-refractivity contribution in [2.24, 2.45) is 0 Å². The highest BCUT2D eigenvalue weighted by Crippen LogP contribution is 2.36. The summed E-state index contributed by atoms with van der Waals surface area (Å²) in [6.45, 7) is 3.45. The quantitative estimate of drug-likeness (QED) is 0.770. The average molecular weight is 239 g/mol.